The van der Waals surface area contributed by atoms with Crippen molar-refractivity contribution in [2.75, 3.05) is 18.1 Å². The van der Waals surface area contributed by atoms with Crippen molar-refractivity contribution in [3.05, 3.63) is 58.4 Å². The molecule has 5 nitrogen and oxygen atoms in total. The highest BCUT2D eigenvalue weighted by atomic mass is 32.2. The third kappa shape index (κ3) is 4.48. The molecule has 6 heteroatoms. The fourth-order valence-corrected chi connectivity index (χ4v) is 4.71. The number of nitrogens with zero attached hydrogens (tertiary/aromatic N) is 1. The topological polar surface area (TPSA) is 76.1 Å². The first kappa shape index (κ1) is 22.2. The first-order chi connectivity index (χ1) is 14.2. The van der Waals surface area contributed by atoms with E-state index in [-0.39, 0.29) is 10.7 Å². The first-order valence-corrected chi connectivity index (χ1v) is 12.3. The fraction of sp³-hybridized carbons (Fsp3) is 0.417. The molecule has 1 aromatic carbocycles. The molecule has 0 radical (unpaired) electrons. The molecule has 1 heterocycles. The van der Waals surface area contributed by atoms with E-state index in [0.717, 1.165) is 42.6 Å². The standard InChI is InChI=1S/C24H30N2O3S/c1-6-8-13-25-23-18(7-2)19(11-12-20(23)30(5,28)29)24(27)21-15(3)14-16(4)26-22(21)17-9-10-17/h7,11-12,14,17,25H,2,6,8-10,13H2,1,3-5H3. The molecule has 160 valence electrons. The van der Waals surface area contributed by atoms with Gasteiger partial charge in [-0.2, -0.15) is 0 Å². The quantitative estimate of drug-likeness (QED) is 0.448. The number of rotatable bonds is 9. The Morgan fingerprint density at radius 1 is 1.30 bits per heavy atom. The Morgan fingerprint density at radius 3 is 2.57 bits per heavy atom. The van der Waals surface area contributed by atoms with Gasteiger partial charge in [0.2, 0.25) is 0 Å². The van der Waals surface area contributed by atoms with Crippen LogP contribution in [0.5, 0.6) is 0 Å². The van der Waals surface area contributed by atoms with E-state index in [0.29, 0.717) is 34.8 Å². The summed E-state index contributed by atoms with van der Waals surface area (Å²) in [5, 5.41) is 3.24. The first-order valence-electron chi connectivity index (χ1n) is 10.4. The molecule has 30 heavy (non-hydrogen) atoms. The summed E-state index contributed by atoms with van der Waals surface area (Å²) in [4.78, 5) is 18.6. The molecule has 3 rings (SSSR count). The van der Waals surface area contributed by atoms with Gasteiger partial charge in [0.1, 0.15) is 0 Å². The molecule has 0 bridgehead atoms. The van der Waals surface area contributed by atoms with Crippen LogP contribution in [-0.2, 0) is 9.84 Å². The predicted molar refractivity (Wildman–Crippen MR) is 122 cm³/mol. The van der Waals surface area contributed by atoms with Gasteiger partial charge in [-0.25, -0.2) is 8.42 Å². The van der Waals surface area contributed by atoms with Crippen LogP contribution in [0.1, 0.15) is 77.0 Å². The van der Waals surface area contributed by atoms with Crippen LogP contribution in [0.4, 0.5) is 5.69 Å². The van der Waals surface area contributed by atoms with Gasteiger partial charge in [-0.3, -0.25) is 9.78 Å². The number of aromatic nitrogens is 1. The van der Waals surface area contributed by atoms with Crippen LogP contribution < -0.4 is 5.32 Å². The number of ketones is 1. The number of carbonyl (C=O) groups excluding carboxylic acids is 1. The molecule has 1 aliphatic rings. The zero-order valence-corrected chi connectivity index (χ0v) is 19.0. The van der Waals surface area contributed by atoms with E-state index in [1.807, 2.05) is 19.9 Å². The lowest BCUT2D eigenvalue weighted by Crippen LogP contribution is -2.15. The summed E-state index contributed by atoms with van der Waals surface area (Å²) in [6, 6.07) is 5.06. The summed E-state index contributed by atoms with van der Waals surface area (Å²) in [7, 11) is -3.47. The van der Waals surface area contributed by atoms with Gasteiger partial charge in [0.05, 0.1) is 16.3 Å². The lowest BCUT2D eigenvalue weighted by Gasteiger charge is -2.18. The van der Waals surface area contributed by atoms with Crippen LogP contribution in [0.25, 0.3) is 6.08 Å². The third-order valence-electron chi connectivity index (χ3n) is 5.45. The van der Waals surface area contributed by atoms with Crippen LogP contribution in [0.15, 0.2) is 29.7 Å². The number of anilines is 1. The van der Waals surface area contributed by atoms with Crippen LogP contribution >= 0.6 is 0 Å². The minimum Gasteiger partial charge on any atom is -0.383 e. The minimum absolute atomic E-state index is 0.129. The molecule has 1 N–H and O–H groups in total. The van der Waals surface area contributed by atoms with Crippen molar-refractivity contribution >= 4 is 27.4 Å². The fourth-order valence-electron chi connectivity index (χ4n) is 3.84. The number of carbonyl (C=O) groups is 1. The molecule has 0 saturated heterocycles. The smallest absolute Gasteiger partial charge is 0.195 e. The molecule has 1 saturated carbocycles. The van der Waals surface area contributed by atoms with E-state index in [2.05, 4.69) is 23.8 Å². The van der Waals surface area contributed by atoms with Crippen molar-refractivity contribution in [1.29, 1.82) is 0 Å². The Kier molecular flexibility index (Phi) is 6.46. The van der Waals surface area contributed by atoms with Crippen molar-refractivity contribution in [3.63, 3.8) is 0 Å². The zero-order chi connectivity index (χ0) is 22.1. The van der Waals surface area contributed by atoms with E-state index >= 15 is 0 Å². The van der Waals surface area contributed by atoms with Crippen LogP contribution in [-0.4, -0.2) is 32.0 Å². The molecular weight excluding hydrogens is 396 g/mol. The van der Waals surface area contributed by atoms with E-state index in [1.165, 1.54) is 12.3 Å². The maximum absolute atomic E-state index is 13.7. The van der Waals surface area contributed by atoms with Crippen molar-refractivity contribution in [3.8, 4) is 0 Å². The van der Waals surface area contributed by atoms with Gasteiger partial charge >= 0.3 is 0 Å². The number of pyridine rings is 1. The molecule has 0 amide bonds. The van der Waals surface area contributed by atoms with Gasteiger partial charge in [0.15, 0.2) is 15.6 Å². The third-order valence-corrected chi connectivity index (χ3v) is 6.59. The van der Waals surface area contributed by atoms with Crippen molar-refractivity contribution in [2.45, 2.75) is 57.3 Å². The Labute approximate surface area is 179 Å². The number of nitrogens with one attached hydrogen (secondary N) is 1. The summed E-state index contributed by atoms with van der Waals surface area (Å²) in [5.74, 6) is 0.197. The number of aryl methyl sites for hydroxylation is 2. The molecule has 0 atom stereocenters. The zero-order valence-electron chi connectivity index (χ0n) is 18.2. The molecule has 1 aromatic heterocycles. The van der Waals surface area contributed by atoms with Crippen LogP contribution in [0, 0.1) is 13.8 Å². The molecule has 2 aromatic rings. The van der Waals surface area contributed by atoms with Gasteiger partial charge in [-0.15, -0.1) is 0 Å². The molecule has 0 spiro atoms. The maximum Gasteiger partial charge on any atom is 0.195 e. The van der Waals surface area contributed by atoms with Gasteiger partial charge in [0, 0.05) is 41.1 Å². The average Bonchev–Trinajstić information content (AvgIpc) is 3.51. The van der Waals surface area contributed by atoms with E-state index in [4.69, 9.17) is 0 Å². The SMILES string of the molecule is C=Cc1c(C(=O)c2c(C)cc(C)nc2C2CC2)ccc(S(C)(=O)=O)c1NCCCC. The summed E-state index contributed by atoms with van der Waals surface area (Å²) in [6.45, 7) is 10.5. The predicted octanol–water partition coefficient (Wildman–Crippen LogP) is 5.07. The second-order valence-corrected chi connectivity index (χ2v) is 10.1. The average molecular weight is 427 g/mol. The number of hydrogen-bond donors (Lipinski definition) is 1. The molecule has 1 fully saturated rings. The lowest BCUT2D eigenvalue weighted by atomic mass is 9.92. The molecule has 0 unspecified atom stereocenters. The minimum atomic E-state index is -3.47. The monoisotopic (exact) mass is 426 g/mol. The van der Waals surface area contributed by atoms with Crippen LogP contribution in [0.2, 0.25) is 0 Å². The Bertz CT molecular complexity index is 1100. The van der Waals surface area contributed by atoms with Gasteiger partial charge < -0.3 is 5.32 Å². The number of hydrogen-bond acceptors (Lipinski definition) is 5. The number of unbranched alkanes of at least 4 members (excludes halogenated alkanes) is 1. The van der Waals surface area contributed by atoms with E-state index in [1.54, 1.807) is 12.1 Å². The van der Waals surface area contributed by atoms with Crippen molar-refractivity contribution in [2.24, 2.45) is 0 Å². The number of sulfone groups is 1. The van der Waals surface area contributed by atoms with Gasteiger partial charge in [-0.1, -0.05) is 26.0 Å². The van der Waals surface area contributed by atoms with Crippen LogP contribution in [0.3, 0.4) is 0 Å². The second-order valence-electron chi connectivity index (χ2n) is 8.10. The normalized spacial score (nSPS) is 13.9. The van der Waals surface area contributed by atoms with E-state index in [9.17, 15) is 13.2 Å². The summed E-state index contributed by atoms with van der Waals surface area (Å²) in [5.41, 5.74) is 4.74. The second kappa shape index (κ2) is 8.72. The largest absolute Gasteiger partial charge is 0.383 e. The van der Waals surface area contributed by atoms with E-state index < -0.39 is 9.84 Å². The molecule has 0 aliphatic heterocycles. The Morgan fingerprint density at radius 2 is 2.00 bits per heavy atom. The lowest BCUT2D eigenvalue weighted by molar-refractivity contribution is 0.103. The number of benzene rings is 1. The van der Waals surface area contributed by atoms with Gasteiger partial charge in [-0.05, 0) is 56.9 Å². The highest BCUT2D eigenvalue weighted by Gasteiger charge is 2.32. The Balaban J connectivity index is 2.18. The summed E-state index contributed by atoms with van der Waals surface area (Å²) < 4.78 is 24.8. The van der Waals surface area contributed by atoms with Crippen molar-refractivity contribution in [1.82, 2.24) is 4.98 Å². The Hall–Kier alpha value is -2.47. The molecule has 1 aliphatic carbocycles. The maximum atomic E-state index is 13.7. The summed E-state index contributed by atoms with van der Waals surface area (Å²) >= 11 is 0. The van der Waals surface area contributed by atoms with Gasteiger partial charge in [0.25, 0.3) is 0 Å². The van der Waals surface area contributed by atoms with Crippen molar-refractivity contribution < 1.29 is 13.2 Å². The molecular formula is C24H30N2O3S. The summed E-state index contributed by atoms with van der Waals surface area (Å²) in [6.07, 6.45) is 6.71. The highest BCUT2D eigenvalue weighted by molar-refractivity contribution is 7.90. The highest BCUT2D eigenvalue weighted by Crippen LogP contribution is 2.42.